The average Bonchev–Trinajstić information content (AvgIpc) is 2.62. The molecule has 2 aromatic rings. The second-order valence-corrected chi connectivity index (χ2v) is 5.40. The molecular formula is C18H21FN2O3. The van der Waals surface area contributed by atoms with E-state index in [4.69, 9.17) is 15.2 Å². The van der Waals surface area contributed by atoms with E-state index < -0.39 is 17.8 Å². The van der Waals surface area contributed by atoms with Crippen LogP contribution in [0, 0.1) is 11.7 Å². The van der Waals surface area contributed by atoms with Crippen molar-refractivity contribution in [1.82, 2.24) is 0 Å². The number of ether oxygens (including phenoxy) is 2. The van der Waals surface area contributed by atoms with Crippen LogP contribution in [0.25, 0.3) is 0 Å². The van der Waals surface area contributed by atoms with Crippen molar-refractivity contribution in [3.05, 3.63) is 53.8 Å². The Bertz CT molecular complexity index is 707. The Morgan fingerprint density at radius 3 is 2.29 bits per heavy atom. The van der Waals surface area contributed by atoms with Crippen LogP contribution in [0.2, 0.25) is 0 Å². The molecule has 5 nitrogen and oxygen atoms in total. The topological polar surface area (TPSA) is 73.6 Å². The number of carbonyl (C=O) groups is 1. The molecule has 24 heavy (non-hydrogen) atoms. The molecule has 0 spiro atoms. The fourth-order valence-corrected chi connectivity index (χ4v) is 2.32. The van der Waals surface area contributed by atoms with E-state index in [2.05, 4.69) is 5.32 Å². The molecule has 0 aliphatic heterocycles. The monoisotopic (exact) mass is 332 g/mol. The highest BCUT2D eigenvalue weighted by atomic mass is 19.1. The molecule has 0 saturated carbocycles. The predicted molar refractivity (Wildman–Crippen MR) is 90.7 cm³/mol. The van der Waals surface area contributed by atoms with Crippen molar-refractivity contribution in [2.75, 3.05) is 19.5 Å². The maximum atomic E-state index is 14.1. The molecule has 3 N–H and O–H groups in total. The van der Waals surface area contributed by atoms with Gasteiger partial charge >= 0.3 is 0 Å². The van der Waals surface area contributed by atoms with E-state index in [1.165, 1.54) is 20.3 Å². The third-order valence-electron chi connectivity index (χ3n) is 3.87. The first-order valence-corrected chi connectivity index (χ1v) is 7.50. The maximum Gasteiger partial charge on any atom is 0.229 e. The van der Waals surface area contributed by atoms with Crippen LogP contribution in [-0.2, 0) is 4.79 Å². The predicted octanol–water partition coefficient (Wildman–Crippen LogP) is 3.12. The number of rotatable bonds is 6. The van der Waals surface area contributed by atoms with Gasteiger partial charge in [-0.3, -0.25) is 4.79 Å². The van der Waals surface area contributed by atoms with E-state index in [1.807, 2.05) is 30.3 Å². The molecule has 0 aliphatic carbocycles. The molecular weight excluding hydrogens is 311 g/mol. The van der Waals surface area contributed by atoms with Gasteiger partial charge in [-0.05, 0) is 5.56 Å². The maximum absolute atomic E-state index is 14.1. The van der Waals surface area contributed by atoms with Crippen molar-refractivity contribution in [2.24, 2.45) is 11.7 Å². The second kappa shape index (κ2) is 7.79. The Morgan fingerprint density at radius 2 is 1.71 bits per heavy atom. The third-order valence-corrected chi connectivity index (χ3v) is 3.87. The summed E-state index contributed by atoms with van der Waals surface area (Å²) in [6.45, 7) is 1.70. The number of nitrogens with two attached hydrogens (primary N) is 1. The molecule has 2 unspecified atom stereocenters. The SMILES string of the molecule is COc1cc(F)c(NC(=O)C(C)C(N)c2ccccc2)cc1OC. The lowest BCUT2D eigenvalue weighted by atomic mass is 9.94. The summed E-state index contributed by atoms with van der Waals surface area (Å²) >= 11 is 0. The fourth-order valence-electron chi connectivity index (χ4n) is 2.32. The smallest absolute Gasteiger partial charge is 0.229 e. The van der Waals surface area contributed by atoms with Gasteiger partial charge < -0.3 is 20.5 Å². The average molecular weight is 332 g/mol. The van der Waals surface area contributed by atoms with Gasteiger partial charge in [-0.1, -0.05) is 37.3 Å². The van der Waals surface area contributed by atoms with E-state index in [-0.39, 0.29) is 17.3 Å². The Balaban J connectivity index is 2.17. The lowest BCUT2D eigenvalue weighted by Crippen LogP contribution is -2.30. The van der Waals surface area contributed by atoms with Crippen LogP contribution in [-0.4, -0.2) is 20.1 Å². The fraction of sp³-hybridized carbons (Fsp3) is 0.278. The summed E-state index contributed by atoms with van der Waals surface area (Å²) in [5.41, 5.74) is 6.99. The largest absolute Gasteiger partial charge is 0.493 e. The number of hydrogen-bond acceptors (Lipinski definition) is 4. The molecule has 0 saturated heterocycles. The first-order valence-electron chi connectivity index (χ1n) is 7.50. The summed E-state index contributed by atoms with van der Waals surface area (Å²) in [6.07, 6.45) is 0. The molecule has 1 amide bonds. The van der Waals surface area contributed by atoms with Crippen LogP contribution in [0.1, 0.15) is 18.5 Å². The molecule has 128 valence electrons. The van der Waals surface area contributed by atoms with E-state index in [9.17, 15) is 9.18 Å². The number of carbonyl (C=O) groups excluding carboxylic acids is 1. The van der Waals surface area contributed by atoms with E-state index >= 15 is 0 Å². The van der Waals surface area contributed by atoms with Gasteiger partial charge in [0.15, 0.2) is 17.3 Å². The quantitative estimate of drug-likeness (QED) is 0.852. The lowest BCUT2D eigenvalue weighted by molar-refractivity contribution is -0.120. The standard InChI is InChI=1S/C18H21FN2O3/c1-11(17(20)12-7-5-4-6-8-12)18(22)21-14-10-16(24-3)15(23-2)9-13(14)19/h4-11,17H,20H2,1-3H3,(H,21,22). The zero-order valence-electron chi connectivity index (χ0n) is 13.9. The Labute approximate surface area is 140 Å². The molecule has 0 bridgehead atoms. The van der Waals surface area contributed by atoms with E-state index in [0.717, 1.165) is 11.6 Å². The number of halogens is 1. The Morgan fingerprint density at radius 1 is 1.12 bits per heavy atom. The van der Waals surface area contributed by atoms with Crippen LogP contribution in [0.4, 0.5) is 10.1 Å². The second-order valence-electron chi connectivity index (χ2n) is 5.40. The van der Waals surface area contributed by atoms with E-state index in [0.29, 0.717) is 5.75 Å². The van der Waals surface area contributed by atoms with Crippen LogP contribution in [0.15, 0.2) is 42.5 Å². The van der Waals surface area contributed by atoms with Crippen molar-refractivity contribution < 1.29 is 18.7 Å². The number of hydrogen-bond donors (Lipinski definition) is 2. The first kappa shape index (κ1) is 17.7. The zero-order valence-corrected chi connectivity index (χ0v) is 13.9. The highest BCUT2D eigenvalue weighted by Gasteiger charge is 2.23. The number of nitrogens with one attached hydrogen (secondary N) is 1. The van der Waals surface area contributed by atoms with E-state index in [1.54, 1.807) is 6.92 Å². The van der Waals surface area contributed by atoms with Gasteiger partial charge in [0, 0.05) is 18.2 Å². The van der Waals surface area contributed by atoms with Gasteiger partial charge in [0.2, 0.25) is 5.91 Å². The van der Waals surface area contributed by atoms with Crippen LogP contribution >= 0.6 is 0 Å². The minimum absolute atomic E-state index is 0.0183. The molecule has 0 fully saturated rings. The normalized spacial score (nSPS) is 13.0. The summed E-state index contributed by atoms with van der Waals surface area (Å²) in [7, 11) is 2.85. The summed E-state index contributed by atoms with van der Waals surface area (Å²) < 4.78 is 24.3. The Kier molecular flexibility index (Phi) is 5.76. The van der Waals surface area contributed by atoms with Crippen molar-refractivity contribution in [2.45, 2.75) is 13.0 Å². The molecule has 0 radical (unpaired) electrons. The van der Waals surface area contributed by atoms with Gasteiger partial charge in [-0.25, -0.2) is 4.39 Å². The summed E-state index contributed by atoms with van der Waals surface area (Å²) in [6, 6.07) is 11.3. The minimum Gasteiger partial charge on any atom is -0.493 e. The molecule has 0 aromatic heterocycles. The molecule has 2 aromatic carbocycles. The molecule has 0 aliphatic rings. The number of amides is 1. The highest BCUT2D eigenvalue weighted by molar-refractivity contribution is 5.93. The Hall–Kier alpha value is -2.60. The number of benzene rings is 2. The first-order chi connectivity index (χ1) is 11.5. The molecule has 2 rings (SSSR count). The van der Waals surface area contributed by atoms with Gasteiger partial charge in [-0.2, -0.15) is 0 Å². The third kappa shape index (κ3) is 3.83. The van der Waals surface area contributed by atoms with Gasteiger partial charge in [0.05, 0.1) is 25.8 Å². The number of anilines is 1. The number of methoxy groups -OCH3 is 2. The molecule has 6 heteroatoms. The molecule has 0 heterocycles. The van der Waals surface area contributed by atoms with Crippen LogP contribution in [0.5, 0.6) is 11.5 Å². The summed E-state index contributed by atoms with van der Waals surface area (Å²) in [4.78, 5) is 12.4. The molecule has 2 atom stereocenters. The summed E-state index contributed by atoms with van der Waals surface area (Å²) in [5, 5.41) is 2.56. The van der Waals surface area contributed by atoms with Gasteiger partial charge in [-0.15, -0.1) is 0 Å². The summed E-state index contributed by atoms with van der Waals surface area (Å²) in [5.74, 6) is -0.949. The van der Waals surface area contributed by atoms with Crippen LogP contribution < -0.4 is 20.5 Å². The van der Waals surface area contributed by atoms with Crippen LogP contribution in [0.3, 0.4) is 0 Å². The van der Waals surface area contributed by atoms with Crippen molar-refractivity contribution in [1.29, 1.82) is 0 Å². The zero-order chi connectivity index (χ0) is 17.7. The van der Waals surface area contributed by atoms with Gasteiger partial charge in [0.25, 0.3) is 0 Å². The van der Waals surface area contributed by atoms with Crippen molar-refractivity contribution >= 4 is 11.6 Å². The van der Waals surface area contributed by atoms with Crippen molar-refractivity contribution in [3.63, 3.8) is 0 Å². The lowest BCUT2D eigenvalue weighted by Gasteiger charge is -2.20. The van der Waals surface area contributed by atoms with Crippen molar-refractivity contribution in [3.8, 4) is 11.5 Å². The minimum atomic E-state index is -0.610. The van der Waals surface area contributed by atoms with Gasteiger partial charge in [0.1, 0.15) is 0 Å². The highest BCUT2D eigenvalue weighted by Crippen LogP contribution is 2.33.